The maximum Gasteiger partial charge on any atom is 0.311 e. The summed E-state index contributed by atoms with van der Waals surface area (Å²) in [6.45, 7) is 11.0. The fraction of sp³-hybridized carbons (Fsp3) is 0.818. The van der Waals surface area contributed by atoms with Gasteiger partial charge in [0.25, 0.3) is 0 Å². The molecule has 4 heteroatoms. The van der Waals surface area contributed by atoms with Crippen LogP contribution in [0, 0.1) is 28.6 Å². The Morgan fingerprint density at radius 1 is 1.23 bits per heavy atom. The lowest BCUT2D eigenvalue weighted by Crippen LogP contribution is -2.53. The molecule has 0 bridgehead atoms. The first-order valence-corrected chi connectivity index (χ1v) is 10.0. The Kier molecular flexibility index (Phi) is 6.57. The molecular weight excluding hydrogens is 328 g/mol. The van der Waals surface area contributed by atoms with E-state index in [1.807, 2.05) is 0 Å². The molecule has 0 aromatic rings. The van der Waals surface area contributed by atoms with E-state index in [0.29, 0.717) is 24.2 Å². The van der Waals surface area contributed by atoms with E-state index in [0.717, 1.165) is 44.9 Å². The summed E-state index contributed by atoms with van der Waals surface area (Å²) >= 11 is 0. The molecule has 0 spiro atoms. The first-order valence-electron chi connectivity index (χ1n) is 10.0. The molecule has 0 aromatic heterocycles. The van der Waals surface area contributed by atoms with Crippen molar-refractivity contribution in [2.24, 2.45) is 28.6 Å². The van der Waals surface area contributed by atoms with Gasteiger partial charge in [-0.3, -0.25) is 9.59 Å². The van der Waals surface area contributed by atoms with Gasteiger partial charge in [-0.1, -0.05) is 32.4 Å². The zero-order chi connectivity index (χ0) is 19.5. The van der Waals surface area contributed by atoms with Crippen molar-refractivity contribution < 1.29 is 19.1 Å². The Morgan fingerprint density at radius 3 is 2.54 bits per heavy atom. The third-order valence-corrected chi connectivity index (χ3v) is 7.36. The van der Waals surface area contributed by atoms with Gasteiger partial charge in [-0.25, -0.2) is 0 Å². The highest BCUT2D eigenvalue weighted by molar-refractivity contribution is 5.77. The van der Waals surface area contributed by atoms with E-state index in [1.165, 1.54) is 19.8 Å². The smallest absolute Gasteiger partial charge is 0.311 e. The van der Waals surface area contributed by atoms with Gasteiger partial charge >= 0.3 is 11.9 Å². The molecule has 0 N–H and O–H groups in total. The van der Waals surface area contributed by atoms with Gasteiger partial charge in [0.2, 0.25) is 0 Å². The van der Waals surface area contributed by atoms with Gasteiger partial charge in [0.1, 0.15) is 0 Å². The maximum absolute atomic E-state index is 12.6. The number of hydrogen-bond donors (Lipinski definition) is 0. The van der Waals surface area contributed by atoms with Gasteiger partial charge in [0.05, 0.1) is 19.6 Å². The van der Waals surface area contributed by atoms with Crippen molar-refractivity contribution in [1.82, 2.24) is 0 Å². The number of ether oxygens (including phenoxy) is 2. The van der Waals surface area contributed by atoms with Crippen LogP contribution in [0.3, 0.4) is 0 Å². The van der Waals surface area contributed by atoms with Crippen LogP contribution in [-0.2, 0) is 19.1 Å². The molecule has 2 aliphatic rings. The maximum atomic E-state index is 12.6. The van der Waals surface area contributed by atoms with Crippen molar-refractivity contribution in [2.45, 2.75) is 72.1 Å². The van der Waals surface area contributed by atoms with E-state index in [-0.39, 0.29) is 17.4 Å². The summed E-state index contributed by atoms with van der Waals surface area (Å²) in [5.41, 5.74) is 1.02. The molecule has 148 valence electrons. The highest BCUT2D eigenvalue weighted by Crippen LogP contribution is 2.62. The average molecular weight is 365 g/mol. The number of rotatable bonds is 6. The Bertz CT molecular complexity index is 554. The molecule has 26 heavy (non-hydrogen) atoms. The van der Waals surface area contributed by atoms with Crippen molar-refractivity contribution in [2.75, 3.05) is 14.2 Å². The number of carbonyl (C=O) groups excluding carboxylic acids is 2. The third-order valence-electron chi connectivity index (χ3n) is 7.36. The molecule has 0 heterocycles. The van der Waals surface area contributed by atoms with E-state index >= 15 is 0 Å². The number of fused-ring (bicyclic) bond motifs is 1. The van der Waals surface area contributed by atoms with Crippen molar-refractivity contribution in [1.29, 1.82) is 0 Å². The second-order valence-electron chi connectivity index (χ2n) is 9.03. The number of methoxy groups -OCH3 is 2. The Hall–Kier alpha value is -1.32. The Labute approximate surface area is 158 Å². The fourth-order valence-electron chi connectivity index (χ4n) is 5.88. The Morgan fingerprint density at radius 2 is 1.92 bits per heavy atom. The SMILES string of the molecule is C=C1CC[C@@H]2[C@](C)(CCC[C@@]2(C)C(=O)OC)[C@H]1CC[C@H](C)CC(=O)OC. The van der Waals surface area contributed by atoms with E-state index in [9.17, 15) is 9.59 Å². The van der Waals surface area contributed by atoms with E-state index in [4.69, 9.17) is 9.47 Å². The lowest BCUT2D eigenvalue weighted by atomic mass is 9.46. The summed E-state index contributed by atoms with van der Waals surface area (Å²) in [6, 6.07) is 0. The van der Waals surface area contributed by atoms with Crippen LogP contribution < -0.4 is 0 Å². The predicted molar refractivity (Wildman–Crippen MR) is 102 cm³/mol. The van der Waals surface area contributed by atoms with Gasteiger partial charge in [0, 0.05) is 6.42 Å². The summed E-state index contributed by atoms with van der Waals surface area (Å²) in [6.07, 6.45) is 7.60. The molecule has 4 nitrogen and oxygen atoms in total. The summed E-state index contributed by atoms with van der Waals surface area (Å²) in [5, 5.41) is 0. The number of esters is 2. The normalized spacial score (nSPS) is 35.3. The highest BCUT2D eigenvalue weighted by Gasteiger charge is 2.57. The van der Waals surface area contributed by atoms with Gasteiger partial charge < -0.3 is 9.47 Å². The summed E-state index contributed by atoms with van der Waals surface area (Å²) in [4.78, 5) is 24.1. The molecule has 0 amide bonds. The minimum Gasteiger partial charge on any atom is -0.469 e. The minimum absolute atomic E-state index is 0.0567. The van der Waals surface area contributed by atoms with E-state index in [1.54, 1.807) is 0 Å². The molecule has 2 fully saturated rings. The summed E-state index contributed by atoms with van der Waals surface area (Å²) < 4.78 is 9.99. The Balaban J connectivity index is 2.17. The third kappa shape index (κ3) is 3.84. The predicted octanol–water partition coefficient (Wildman–Crippen LogP) is 4.92. The molecule has 0 radical (unpaired) electrons. The first-order chi connectivity index (χ1) is 12.2. The van der Waals surface area contributed by atoms with Crippen molar-refractivity contribution in [3.8, 4) is 0 Å². The van der Waals surface area contributed by atoms with Crippen LogP contribution in [0.25, 0.3) is 0 Å². The standard InChI is InChI=1S/C22H36O4/c1-15(14-19(23)25-5)8-10-17-16(2)9-11-18-21(17,3)12-7-13-22(18,4)20(24)26-6/h15,17-18H,2,7-14H2,1,3-6H3/t15-,17-,18+,21+,22+/m0/s1. The van der Waals surface area contributed by atoms with Crippen molar-refractivity contribution >= 4 is 11.9 Å². The summed E-state index contributed by atoms with van der Waals surface area (Å²) in [7, 11) is 2.95. The molecule has 5 atom stereocenters. The zero-order valence-electron chi connectivity index (χ0n) is 17.2. The first kappa shape index (κ1) is 21.0. The van der Waals surface area contributed by atoms with Crippen LogP contribution in [0.1, 0.15) is 72.1 Å². The van der Waals surface area contributed by atoms with Crippen LogP contribution in [-0.4, -0.2) is 26.2 Å². The summed E-state index contributed by atoms with van der Waals surface area (Å²) in [5.74, 6) is 0.849. The lowest BCUT2D eigenvalue weighted by molar-refractivity contribution is -0.168. The van der Waals surface area contributed by atoms with Gasteiger partial charge in [0.15, 0.2) is 0 Å². The number of hydrogen-bond acceptors (Lipinski definition) is 4. The topological polar surface area (TPSA) is 52.6 Å². The van der Waals surface area contributed by atoms with Gasteiger partial charge in [-0.15, -0.1) is 0 Å². The second-order valence-corrected chi connectivity index (χ2v) is 9.03. The molecule has 2 rings (SSSR count). The number of allylic oxidation sites excluding steroid dienone is 1. The largest absolute Gasteiger partial charge is 0.469 e. The second kappa shape index (κ2) is 8.14. The van der Waals surface area contributed by atoms with Crippen LogP contribution in [0.2, 0.25) is 0 Å². The van der Waals surface area contributed by atoms with Crippen LogP contribution in [0.5, 0.6) is 0 Å². The molecule has 0 aliphatic heterocycles. The van der Waals surface area contributed by atoms with Crippen LogP contribution in [0.4, 0.5) is 0 Å². The minimum atomic E-state index is -0.391. The quantitative estimate of drug-likeness (QED) is 0.496. The number of carbonyl (C=O) groups is 2. The highest BCUT2D eigenvalue weighted by atomic mass is 16.5. The van der Waals surface area contributed by atoms with E-state index < -0.39 is 5.41 Å². The van der Waals surface area contributed by atoms with Crippen LogP contribution in [0.15, 0.2) is 12.2 Å². The van der Waals surface area contributed by atoms with Gasteiger partial charge in [-0.05, 0) is 68.6 Å². The lowest BCUT2D eigenvalue weighted by Gasteiger charge is -2.57. The van der Waals surface area contributed by atoms with Gasteiger partial charge in [-0.2, -0.15) is 0 Å². The van der Waals surface area contributed by atoms with Crippen molar-refractivity contribution in [3.05, 3.63) is 12.2 Å². The molecule has 0 aromatic carbocycles. The average Bonchev–Trinajstić information content (AvgIpc) is 2.59. The van der Waals surface area contributed by atoms with E-state index in [2.05, 4.69) is 27.4 Å². The zero-order valence-corrected chi connectivity index (χ0v) is 17.2. The molecule has 0 unspecified atom stereocenters. The molecule has 0 saturated heterocycles. The molecule has 2 aliphatic carbocycles. The van der Waals surface area contributed by atoms with Crippen LogP contribution >= 0.6 is 0 Å². The monoisotopic (exact) mass is 364 g/mol. The molecular formula is C22H36O4. The van der Waals surface area contributed by atoms with Crippen molar-refractivity contribution in [3.63, 3.8) is 0 Å². The molecule has 2 saturated carbocycles. The fourth-order valence-corrected chi connectivity index (χ4v) is 5.88.